The summed E-state index contributed by atoms with van der Waals surface area (Å²) in [5, 5.41) is 5.92. The van der Waals surface area contributed by atoms with Crippen LogP contribution in [0.5, 0.6) is 0 Å². The maximum atomic E-state index is 12.7. The number of hydrogen-bond acceptors (Lipinski definition) is 5. The van der Waals surface area contributed by atoms with Gasteiger partial charge in [-0.1, -0.05) is 11.6 Å². The van der Waals surface area contributed by atoms with Crippen LogP contribution in [-0.2, 0) is 6.54 Å². The lowest BCUT2D eigenvalue weighted by Crippen LogP contribution is -2.28. The molecule has 0 spiro atoms. The molecule has 128 valence electrons. The van der Waals surface area contributed by atoms with Crippen molar-refractivity contribution in [3.8, 4) is 0 Å². The summed E-state index contributed by atoms with van der Waals surface area (Å²) in [6.45, 7) is 2.28. The molecule has 3 aromatic heterocycles. The lowest BCUT2D eigenvalue weighted by atomic mass is 10.2. The van der Waals surface area contributed by atoms with Gasteiger partial charge in [0.15, 0.2) is 0 Å². The Bertz CT molecular complexity index is 920. The molecule has 0 saturated carbocycles. The molecule has 0 radical (unpaired) electrons. The predicted octanol–water partition coefficient (Wildman–Crippen LogP) is 4.19. The van der Waals surface area contributed by atoms with Crippen molar-refractivity contribution in [3.63, 3.8) is 0 Å². The van der Waals surface area contributed by atoms with Crippen LogP contribution in [0.3, 0.4) is 0 Å². The van der Waals surface area contributed by atoms with Gasteiger partial charge >= 0.3 is 0 Å². The fraction of sp³-hybridized carbons (Fsp3) is 0.278. The molecular formula is C18H17ClN4OS. The van der Waals surface area contributed by atoms with Crippen molar-refractivity contribution in [2.24, 2.45) is 0 Å². The Labute approximate surface area is 154 Å². The highest BCUT2D eigenvalue weighted by molar-refractivity contribution is 7.22. The van der Waals surface area contributed by atoms with Gasteiger partial charge in [0.2, 0.25) is 0 Å². The first kappa shape index (κ1) is 16.3. The smallest absolute Gasteiger partial charge is 0.273 e. The first-order valence-corrected chi connectivity index (χ1v) is 9.41. The fourth-order valence-electron chi connectivity index (χ4n) is 3.03. The molecule has 4 rings (SSSR count). The molecular weight excluding hydrogens is 356 g/mol. The highest BCUT2D eigenvalue weighted by Crippen LogP contribution is 2.32. The second-order valence-electron chi connectivity index (χ2n) is 6.05. The van der Waals surface area contributed by atoms with Gasteiger partial charge in [-0.15, -0.1) is 11.3 Å². The number of carbonyl (C=O) groups is 1. The summed E-state index contributed by atoms with van der Waals surface area (Å²) in [7, 11) is 0. The van der Waals surface area contributed by atoms with Crippen molar-refractivity contribution in [1.29, 1.82) is 0 Å². The molecule has 1 saturated heterocycles. The van der Waals surface area contributed by atoms with E-state index in [4.69, 9.17) is 11.6 Å². The Morgan fingerprint density at radius 1 is 1.28 bits per heavy atom. The van der Waals surface area contributed by atoms with E-state index in [1.807, 2.05) is 23.1 Å². The number of fused-ring (bicyclic) bond motifs is 1. The third-order valence-electron chi connectivity index (χ3n) is 4.27. The van der Waals surface area contributed by atoms with E-state index in [-0.39, 0.29) is 5.91 Å². The second-order valence-corrected chi connectivity index (χ2v) is 7.57. The molecule has 0 aromatic carbocycles. The van der Waals surface area contributed by atoms with Gasteiger partial charge in [0, 0.05) is 48.3 Å². The van der Waals surface area contributed by atoms with Crippen molar-refractivity contribution in [2.45, 2.75) is 19.4 Å². The van der Waals surface area contributed by atoms with Crippen molar-refractivity contribution in [1.82, 2.24) is 14.9 Å². The molecule has 1 aliphatic heterocycles. The summed E-state index contributed by atoms with van der Waals surface area (Å²) in [6.07, 6.45) is 7.27. The fourth-order valence-corrected chi connectivity index (χ4v) is 4.18. The van der Waals surface area contributed by atoms with E-state index in [9.17, 15) is 4.79 Å². The summed E-state index contributed by atoms with van der Waals surface area (Å²) < 4.78 is 1.06. The van der Waals surface area contributed by atoms with E-state index in [0.29, 0.717) is 17.3 Å². The summed E-state index contributed by atoms with van der Waals surface area (Å²) in [5.74, 6) is 0.0338. The number of thiophene rings is 1. The molecule has 0 atom stereocenters. The summed E-state index contributed by atoms with van der Waals surface area (Å²) in [5.41, 5.74) is 1.56. The lowest BCUT2D eigenvalue weighted by Gasteiger charge is -2.14. The van der Waals surface area contributed by atoms with Crippen LogP contribution in [0.25, 0.3) is 10.1 Å². The summed E-state index contributed by atoms with van der Waals surface area (Å²) in [6, 6.07) is 5.85. The Balaban J connectivity index is 1.57. The SMILES string of the molecule is O=C(c1nccc2sc(NCc3cncc(Cl)c3)cc12)N1CCCC1. The second kappa shape index (κ2) is 6.98. The van der Waals surface area contributed by atoms with Gasteiger partial charge in [-0.25, -0.2) is 0 Å². The third kappa shape index (κ3) is 3.45. The molecule has 0 aliphatic carbocycles. The molecule has 1 fully saturated rings. The zero-order chi connectivity index (χ0) is 17.2. The number of likely N-dealkylation sites (tertiary alicyclic amines) is 1. The molecule has 0 bridgehead atoms. The predicted molar refractivity (Wildman–Crippen MR) is 101 cm³/mol. The van der Waals surface area contributed by atoms with Crippen LogP contribution < -0.4 is 5.32 Å². The molecule has 1 amide bonds. The number of halogens is 1. The van der Waals surface area contributed by atoms with E-state index in [1.54, 1.807) is 29.9 Å². The minimum atomic E-state index is 0.0338. The Hall–Kier alpha value is -2.18. The monoisotopic (exact) mass is 372 g/mol. The highest BCUT2D eigenvalue weighted by atomic mass is 35.5. The van der Waals surface area contributed by atoms with Gasteiger partial charge in [-0.3, -0.25) is 14.8 Å². The zero-order valence-corrected chi connectivity index (χ0v) is 15.1. The normalized spacial score (nSPS) is 14.2. The zero-order valence-electron chi connectivity index (χ0n) is 13.5. The Morgan fingerprint density at radius 2 is 2.12 bits per heavy atom. The quantitative estimate of drug-likeness (QED) is 0.745. The van der Waals surface area contributed by atoms with Gasteiger partial charge in [-0.05, 0) is 36.6 Å². The largest absolute Gasteiger partial charge is 0.373 e. The van der Waals surface area contributed by atoms with Crippen LogP contribution in [0.15, 0.2) is 36.8 Å². The maximum Gasteiger partial charge on any atom is 0.273 e. The number of amides is 1. The van der Waals surface area contributed by atoms with Gasteiger partial charge in [0.05, 0.1) is 10.0 Å². The molecule has 1 N–H and O–H groups in total. The van der Waals surface area contributed by atoms with E-state index in [0.717, 1.165) is 46.6 Å². The molecule has 5 nitrogen and oxygen atoms in total. The molecule has 0 unspecified atom stereocenters. The van der Waals surface area contributed by atoms with Crippen LogP contribution >= 0.6 is 22.9 Å². The number of nitrogens with zero attached hydrogens (tertiary/aromatic N) is 3. The number of hydrogen-bond donors (Lipinski definition) is 1. The number of rotatable bonds is 4. The summed E-state index contributed by atoms with van der Waals surface area (Å²) >= 11 is 7.59. The third-order valence-corrected chi connectivity index (χ3v) is 5.53. The maximum absolute atomic E-state index is 12.7. The minimum absolute atomic E-state index is 0.0338. The van der Waals surface area contributed by atoms with Gasteiger partial charge in [0.1, 0.15) is 5.69 Å². The van der Waals surface area contributed by atoms with Gasteiger partial charge in [-0.2, -0.15) is 0 Å². The van der Waals surface area contributed by atoms with E-state index < -0.39 is 0 Å². The average molecular weight is 373 g/mol. The van der Waals surface area contributed by atoms with Crippen molar-refractivity contribution >= 4 is 43.9 Å². The Morgan fingerprint density at radius 3 is 2.92 bits per heavy atom. The number of anilines is 1. The molecule has 7 heteroatoms. The molecule has 4 heterocycles. The standard InChI is InChI=1S/C18H17ClN4OS/c19-13-7-12(9-20-11-13)10-22-16-8-14-15(25-16)3-4-21-17(14)18(24)23-5-1-2-6-23/h3-4,7-9,11,22H,1-2,5-6,10H2. The number of carbonyl (C=O) groups excluding carboxylic acids is 1. The van der Waals surface area contributed by atoms with Crippen molar-refractivity contribution in [2.75, 3.05) is 18.4 Å². The van der Waals surface area contributed by atoms with E-state index in [1.165, 1.54) is 0 Å². The van der Waals surface area contributed by atoms with E-state index >= 15 is 0 Å². The Kier molecular flexibility index (Phi) is 4.55. The lowest BCUT2D eigenvalue weighted by molar-refractivity contribution is 0.0789. The first-order chi connectivity index (χ1) is 12.2. The molecule has 1 aliphatic rings. The number of aromatic nitrogens is 2. The average Bonchev–Trinajstić information content (AvgIpc) is 3.28. The van der Waals surface area contributed by atoms with Gasteiger partial charge in [0.25, 0.3) is 5.91 Å². The van der Waals surface area contributed by atoms with Gasteiger partial charge < -0.3 is 10.2 Å². The van der Waals surface area contributed by atoms with Crippen LogP contribution in [-0.4, -0.2) is 33.9 Å². The number of pyridine rings is 2. The van der Waals surface area contributed by atoms with Crippen molar-refractivity contribution < 1.29 is 4.79 Å². The summed E-state index contributed by atoms with van der Waals surface area (Å²) in [4.78, 5) is 23.1. The van der Waals surface area contributed by atoms with Crippen LogP contribution in [0, 0.1) is 0 Å². The topological polar surface area (TPSA) is 58.1 Å². The minimum Gasteiger partial charge on any atom is -0.373 e. The number of nitrogens with one attached hydrogen (secondary N) is 1. The highest BCUT2D eigenvalue weighted by Gasteiger charge is 2.23. The molecule has 25 heavy (non-hydrogen) atoms. The van der Waals surface area contributed by atoms with Crippen LogP contribution in [0.4, 0.5) is 5.00 Å². The molecule has 3 aromatic rings. The van der Waals surface area contributed by atoms with Crippen LogP contribution in [0.1, 0.15) is 28.9 Å². The van der Waals surface area contributed by atoms with Crippen molar-refractivity contribution in [3.05, 3.63) is 53.1 Å². The van der Waals surface area contributed by atoms with E-state index in [2.05, 4.69) is 15.3 Å². The van der Waals surface area contributed by atoms with Crippen LogP contribution in [0.2, 0.25) is 5.02 Å². The first-order valence-electron chi connectivity index (χ1n) is 8.22.